The minimum atomic E-state index is 0.0747. The Labute approximate surface area is 107 Å². The molecule has 2 unspecified atom stereocenters. The van der Waals surface area contributed by atoms with Crippen molar-refractivity contribution >= 4 is 11.8 Å². The first kappa shape index (κ1) is 12.7. The molecule has 0 spiro atoms. The average molecular weight is 252 g/mol. The van der Waals surface area contributed by atoms with E-state index in [1.165, 1.54) is 18.6 Å². The van der Waals surface area contributed by atoms with Crippen molar-refractivity contribution in [3.63, 3.8) is 0 Å². The van der Waals surface area contributed by atoms with Gasteiger partial charge in [-0.05, 0) is 44.1 Å². The average Bonchev–Trinajstić information content (AvgIpc) is 2.81. The van der Waals surface area contributed by atoms with Gasteiger partial charge < -0.3 is 10.5 Å². The van der Waals surface area contributed by atoms with Crippen LogP contribution in [0.25, 0.3) is 0 Å². The van der Waals surface area contributed by atoms with Crippen molar-refractivity contribution < 1.29 is 4.74 Å². The summed E-state index contributed by atoms with van der Waals surface area (Å²) < 4.78 is 5.64. The highest BCUT2D eigenvalue weighted by molar-refractivity contribution is 8.00. The van der Waals surface area contributed by atoms with Gasteiger partial charge in [0.05, 0.1) is 12.3 Å². The van der Waals surface area contributed by atoms with Crippen LogP contribution in [0.15, 0.2) is 18.5 Å². The summed E-state index contributed by atoms with van der Waals surface area (Å²) in [6.45, 7) is 4.03. The summed E-state index contributed by atoms with van der Waals surface area (Å²) in [5.74, 6) is 2.05. The molecule has 0 bridgehead atoms. The Morgan fingerprint density at radius 3 is 2.94 bits per heavy atom. The molecule has 1 aliphatic heterocycles. The maximum atomic E-state index is 6.28. The van der Waals surface area contributed by atoms with E-state index in [4.69, 9.17) is 10.5 Å². The van der Waals surface area contributed by atoms with Crippen LogP contribution < -0.4 is 10.5 Å². The van der Waals surface area contributed by atoms with Crippen LogP contribution in [0, 0.1) is 0 Å². The van der Waals surface area contributed by atoms with Crippen LogP contribution in [0.1, 0.15) is 38.3 Å². The molecule has 0 aliphatic carbocycles. The van der Waals surface area contributed by atoms with E-state index in [0.717, 1.165) is 11.3 Å². The molecule has 1 fully saturated rings. The lowest BCUT2D eigenvalue weighted by atomic mass is 10.0. The third kappa shape index (κ3) is 3.36. The van der Waals surface area contributed by atoms with Gasteiger partial charge in [0.2, 0.25) is 0 Å². The van der Waals surface area contributed by atoms with Crippen molar-refractivity contribution in [1.82, 2.24) is 4.98 Å². The van der Waals surface area contributed by atoms with E-state index in [0.29, 0.717) is 5.25 Å². The topological polar surface area (TPSA) is 48.1 Å². The van der Waals surface area contributed by atoms with Crippen LogP contribution in [0.5, 0.6) is 5.75 Å². The minimum Gasteiger partial charge on any atom is -0.489 e. The third-order valence-corrected chi connectivity index (χ3v) is 4.34. The lowest BCUT2D eigenvalue weighted by molar-refractivity contribution is 0.241. The Hall–Kier alpha value is -0.740. The van der Waals surface area contributed by atoms with Gasteiger partial charge >= 0.3 is 0 Å². The quantitative estimate of drug-likeness (QED) is 0.895. The van der Waals surface area contributed by atoms with Crippen molar-refractivity contribution in [1.29, 1.82) is 0 Å². The maximum Gasteiger partial charge on any atom is 0.138 e. The highest BCUT2D eigenvalue weighted by Crippen LogP contribution is 2.35. The molecule has 1 aliphatic rings. The number of hydrogen-bond acceptors (Lipinski definition) is 4. The van der Waals surface area contributed by atoms with Gasteiger partial charge in [0.1, 0.15) is 5.75 Å². The highest BCUT2D eigenvalue weighted by atomic mass is 32.2. The molecule has 0 amide bonds. The number of rotatable bonds is 4. The van der Waals surface area contributed by atoms with E-state index in [9.17, 15) is 0 Å². The number of ether oxygens (including phenoxy) is 1. The van der Waals surface area contributed by atoms with Gasteiger partial charge in [0.25, 0.3) is 0 Å². The molecule has 0 aromatic carbocycles. The highest BCUT2D eigenvalue weighted by Gasteiger charge is 2.24. The standard InChI is InChI=1S/C13H20N2OS/c1-9(2)16-11-6-10(7-15-8-11)13(14)12-4-3-5-17-12/h6-9,12-13H,3-5,14H2,1-2H3. The molecule has 0 radical (unpaired) electrons. The lowest BCUT2D eigenvalue weighted by Crippen LogP contribution is -2.22. The number of nitrogens with two attached hydrogens (primary N) is 1. The van der Waals surface area contributed by atoms with Gasteiger partial charge in [0.15, 0.2) is 0 Å². The summed E-state index contributed by atoms with van der Waals surface area (Å²) in [5.41, 5.74) is 7.37. The fourth-order valence-electron chi connectivity index (χ4n) is 2.05. The molecule has 2 atom stereocenters. The van der Waals surface area contributed by atoms with Crippen molar-refractivity contribution in [3.8, 4) is 5.75 Å². The smallest absolute Gasteiger partial charge is 0.138 e. The SMILES string of the molecule is CC(C)Oc1cncc(C(N)C2CCCS2)c1. The second-order valence-corrected chi connectivity index (χ2v) is 6.04. The molecule has 2 N–H and O–H groups in total. The summed E-state index contributed by atoms with van der Waals surface area (Å²) in [5, 5.41) is 0.533. The number of aromatic nitrogens is 1. The third-order valence-electron chi connectivity index (χ3n) is 2.86. The van der Waals surface area contributed by atoms with Crippen LogP contribution in [-0.2, 0) is 0 Å². The summed E-state index contributed by atoms with van der Waals surface area (Å²) in [6, 6.07) is 2.10. The van der Waals surface area contributed by atoms with Crippen LogP contribution >= 0.6 is 11.8 Å². The Kier molecular flexibility index (Phi) is 4.29. The van der Waals surface area contributed by atoms with Gasteiger partial charge in [-0.25, -0.2) is 0 Å². The van der Waals surface area contributed by atoms with Crippen LogP contribution in [0.2, 0.25) is 0 Å². The normalized spacial score (nSPS) is 21.8. The lowest BCUT2D eigenvalue weighted by Gasteiger charge is -2.19. The zero-order valence-electron chi connectivity index (χ0n) is 10.4. The fourth-order valence-corrected chi connectivity index (χ4v) is 3.39. The Bertz CT molecular complexity index is 364. The minimum absolute atomic E-state index is 0.0747. The predicted octanol–water partition coefficient (Wildman–Crippen LogP) is 2.76. The Morgan fingerprint density at radius 1 is 1.47 bits per heavy atom. The van der Waals surface area contributed by atoms with E-state index < -0.39 is 0 Å². The first-order valence-corrected chi connectivity index (χ1v) is 7.20. The molecule has 1 saturated heterocycles. The molecule has 2 rings (SSSR count). The molecule has 17 heavy (non-hydrogen) atoms. The summed E-state index contributed by atoms with van der Waals surface area (Å²) in [6.07, 6.45) is 6.26. The first-order chi connectivity index (χ1) is 8.16. The molecule has 94 valence electrons. The Morgan fingerprint density at radius 2 is 2.29 bits per heavy atom. The molecule has 0 saturated carbocycles. The molecular formula is C13H20N2OS. The van der Waals surface area contributed by atoms with Gasteiger partial charge in [-0.3, -0.25) is 4.98 Å². The predicted molar refractivity (Wildman–Crippen MR) is 72.4 cm³/mol. The van der Waals surface area contributed by atoms with Gasteiger partial charge in [-0.15, -0.1) is 0 Å². The van der Waals surface area contributed by atoms with Gasteiger partial charge in [0, 0.05) is 17.5 Å². The van der Waals surface area contributed by atoms with Crippen molar-refractivity contribution in [2.75, 3.05) is 5.75 Å². The maximum absolute atomic E-state index is 6.28. The van der Waals surface area contributed by atoms with Crippen molar-refractivity contribution in [2.45, 2.75) is 44.1 Å². The molecule has 1 aromatic rings. The van der Waals surface area contributed by atoms with E-state index in [1.807, 2.05) is 37.9 Å². The molecule has 1 aromatic heterocycles. The van der Waals surface area contributed by atoms with E-state index in [2.05, 4.69) is 4.98 Å². The zero-order valence-corrected chi connectivity index (χ0v) is 11.2. The molecule has 3 nitrogen and oxygen atoms in total. The van der Waals surface area contributed by atoms with Crippen LogP contribution in [0.3, 0.4) is 0 Å². The summed E-state index contributed by atoms with van der Waals surface area (Å²) in [7, 11) is 0. The largest absolute Gasteiger partial charge is 0.489 e. The van der Waals surface area contributed by atoms with Crippen molar-refractivity contribution in [2.24, 2.45) is 5.73 Å². The summed E-state index contributed by atoms with van der Waals surface area (Å²) >= 11 is 1.97. The molecule has 2 heterocycles. The number of pyridine rings is 1. The fraction of sp³-hybridized carbons (Fsp3) is 0.615. The molecule has 4 heteroatoms. The van der Waals surface area contributed by atoms with E-state index in [-0.39, 0.29) is 12.1 Å². The van der Waals surface area contributed by atoms with E-state index >= 15 is 0 Å². The first-order valence-electron chi connectivity index (χ1n) is 6.15. The monoisotopic (exact) mass is 252 g/mol. The summed E-state index contributed by atoms with van der Waals surface area (Å²) in [4.78, 5) is 4.22. The van der Waals surface area contributed by atoms with Crippen molar-refractivity contribution in [3.05, 3.63) is 24.0 Å². The van der Waals surface area contributed by atoms with Gasteiger partial charge in [-0.1, -0.05) is 0 Å². The van der Waals surface area contributed by atoms with Gasteiger partial charge in [-0.2, -0.15) is 11.8 Å². The van der Waals surface area contributed by atoms with E-state index in [1.54, 1.807) is 6.20 Å². The second kappa shape index (κ2) is 5.74. The number of thioether (sulfide) groups is 1. The second-order valence-electron chi connectivity index (χ2n) is 4.70. The number of hydrogen-bond donors (Lipinski definition) is 1. The Balaban J connectivity index is 2.09. The molecular weight excluding hydrogens is 232 g/mol. The number of nitrogens with zero attached hydrogens (tertiary/aromatic N) is 1. The van der Waals surface area contributed by atoms with Crippen LogP contribution in [-0.4, -0.2) is 22.1 Å². The zero-order chi connectivity index (χ0) is 12.3. The van der Waals surface area contributed by atoms with Crippen LogP contribution in [0.4, 0.5) is 0 Å².